The third kappa shape index (κ3) is 3.37. The summed E-state index contributed by atoms with van der Waals surface area (Å²) in [7, 11) is 0. The Morgan fingerprint density at radius 1 is 1.21 bits per heavy atom. The molecule has 0 amide bonds. The van der Waals surface area contributed by atoms with Crippen molar-refractivity contribution in [2.45, 2.75) is 32.6 Å². The monoisotopic (exact) mass is 188 g/mol. The maximum absolute atomic E-state index is 3.78. The molecule has 0 bridgehead atoms. The molecular weight excluding hydrogens is 168 g/mol. The first kappa shape index (κ1) is 11.0. The van der Waals surface area contributed by atoms with E-state index in [1.54, 1.807) is 0 Å². The van der Waals surface area contributed by atoms with E-state index in [1.165, 1.54) is 12.0 Å². The number of rotatable bonds is 5. The van der Waals surface area contributed by atoms with E-state index in [9.17, 15) is 0 Å². The van der Waals surface area contributed by atoms with E-state index in [0.29, 0.717) is 5.92 Å². The van der Waals surface area contributed by atoms with E-state index in [1.807, 2.05) is 6.08 Å². The average Bonchev–Trinajstić information content (AvgIpc) is 2.19. The summed E-state index contributed by atoms with van der Waals surface area (Å²) < 4.78 is 0. The van der Waals surface area contributed by atoms with Crippen molar-refractivity contribution in [1.82, 2.24) is 0 Å². The minimum Gasteiger partial charge on any atom is -0.103 e. The lowest BCUT2D eigenvalue weighted by Crippen LogP contribution is -2.00. The summed E-state index contributed by atoms with van der Waals surface area (Å²) >= 11 is 0. The van der Waals surface area contributed by atoms with Crippen molar-refractivity contribution in [3.8, 4) is 0 Å². The van der Waals surface area contributed by atoms with E-state index in [4.69, 9.17) is 0 Å². The van der Waals surface area contributed by atoms with E-state index in [-0.39, 0.29) is 0 Å². The zero-order valence-corrected chi connectivity index (χ0v) is 9.24. The van der Waals surface area contributed by atoms with Gasteiger partial charge in [0.25, 0.3) is 0 Å². The number of hydrogen-bond acceptors (Lipinski definition) is 0. The quantitative estimate of drug-likeness (QED) is 0.601. The van der Waals surface area contributed by atoms with Crippen LogP contribution in [0.15, 0.2) is 43.0 Å². The Balaban J connectivity index is 2.50. The average molecular weight is 188 g/mol. The Morgan fingerprint density at radius 3 is 2.43 bits per heavy atom. The lowest BCUT2D eigenvalue weighted by molar-refractivity contribution is 0.490. The van der Waals surface area contributed by atoms with Crippen molar-refractivity contribution >= 4 is 0 Å². The minimum absolute atomic E-state index is 0.658. The second-order valence-electron chi connectivity index (χ2n) is 4.18. The fourth-order valence-corrected chi connectivity index (χ4v) is 1.90. The highest BCUT2D eigenvalue weighted by Crippen LogP contribution is 2.24. The van der Waals surface area contributed by atoms with Gasteiger partial charge in [-0.15, -0.1) is 6.58 Å². The molecule has 76 valence electrons. The molecule has 1 aromatic rings. The molecule has 0 unspecified atom stereocenters. The molecule has 1 rings (SSSR count). The van der Waals surface area contributed by atoms with Gasteiger partial charge >= 0.3 is 0 Å². The maximum atomic E-state index is 3.78. The van der Waals surface area contributed by atoms with Gasteiger partial charge in [-0.1, -0.05) is 50.3 Å². The standard InChI is InChI=1S/C14H20/c1-4-8-12(2)11-13(3)14-9-6-5-7-10-14/h4-7,9-10,12-13H,1,8,11H2,2-3H3/t12-,13-/m0/s1. The Hall–Kier alpha value is -1.04. The summed E-state index contributed by atoms with van der Waals surface area (Å²) in [5.41, 5.74) is 1.45. The van der Waals surface area contributed by atoms with E-state index >= 15 is 0 Å². The van der Waals surface area contributed by atoms with Crippen molar-refractivity contribution in [1.29, 1.82) is 0 Å². The van der Waals surface area contributed by atoms with Crippen LogP contribution in [-0.4, -0.2) is 0 Å². The van der Waals surface area contributed by atoms with Crippen LogP contribution in [0, 0.1) is 5.92 Å². The second-order valence-corrected chi connectivity index (χ2v) is 4.18. The van der Waals surface area contributed by atoms with Gasteiger partial charge in [-0.3, -0.25) is 0 Å². The fourth-order valence-electron chi connectivity index (χ4n) is 1.90. The predicted molar refractivity (Wildman–Crippen MR) is 63.5 cm³/mol. The van der Waals surface area contributed by atoms with Crippen LogP contribution in [-0.2, 0) is 0 Å². The van der Waals surface area contributed by atoms with Gasteiger partial charge in [0.05, 0.1) is 0 Å². The first-order valence-corrected chi connectivity index (χ1v) is 5.40. The van der Waals surface area contributed by atoms with Crippen molar-refractivity contribution in [2.24, 2.45) is 5.92 Å². The van der Waals surface area contributed by atoms with Gasteiger partial charge in [0.1, 0.15) is 0 Å². The minimum atomic E-state index is 0.658. The fraction of sp³-hybridized carbons (Fsp3) is 0.429. The Morgan fingerprint density at radius 2 is 1.86 bits per heavy atom. The zero-order valence-electron chi connectivity index (χ0n) is 9.24. The van der Waals surface area contributed by atoms with Crippen molar-refractivity contribution < 1.29 is 0 Å². The molecular formula is C14H20. The molecule has 0 aliphatic carbocycles. The Bertz CT molecular complexity index is 261. The number of allylic oxidation sites excluding steroid dienone is 1. The second kappa shape index (κ2) is 5.64. The van der Waals surface area contributed by atoms with Gasteiger partial charge in [-0.25, -0.2) is 0 Å². The van der Waals surface area contributed by atoms with Crippen LogP contribution in [0.2, 0.25) is 0 Å². The van der Waals surface area contributed by atoms with Crippen LogP contribution < -0.4 is 0 Å². The van der Waals surface area contributed by atoms with Gasteiger partial charge in [0.2, 0.25) is 0 Å². The molecule has 0 heterocycles. The van der Waals surface area contributed by atoms with Crippen LogP contribution >= 0.6 is 0 Å². The van der Waals surface area contributed by atoms with Gasteiger partial charge in [-0.05, 0) is 30.2 Å². The highest BCUT2D eigenvalue weighted by molar-refractivity contribution is 5.18. The molecule has 0 aliphatic rings. The predicted octanol–water partition coefficient (Wildman–Crippen LogP) is 4.39. The summed E-state index contributed by atoms with van der Waals surface area (Å²) in [6.45, 7) is 8.37. The topological polar surface area (TPSA) is 0 Å². The molecule has 0 aliphatic heterocycles. The highest BCUT2D eigenvalue weighted by Gasteiger charge is 2.08. The van der Waals surface area contributed by atoms with E-state index in [0.717, 1.165) is 12.3 Å². The van der Waals surface area contributed by atoms with Gasteiger partial charge < -0.3 is 0 Å². The highest BCUT2D eigenvalue weighted by atomic mass is 14.1. The Labute approximate surface area is 87.7 Å². The lowest BCUT2D eigenvalue weighted by atomic mass is 9.90. The number of hydrogen-bond donors (Lipinski definition) is 0. The molecule has 0 fully saturated rings. The van der Waals surface area contributed by atoms with Crippen molar-refractivity contribution in [3.63, 3.8) is 0 Å². The molecule has 0 aromatic heterocycles. The summed E-state index contributed by atoms with van der Waals surface area (Å²) in [5.74, 6) is 1.40. The molecule has 0 N–H and O–H groups in total. The normalized spacial score (nSPS) is 14.7. The molecule has 0 saturated carbocycles. The number of benzene rings is 1. The first-order valence-electron chi connectivity index (χ1n) is 5.40. The molecule has 1 aromatic carbocycles. The molecule has 0 radical (unpaired) electrons. The summed E-state index contributed by atoms with van der Waals surface area (Å²) in [4.78, 5) is 0. The first-order chi connectivity index (χ1) is 6.74. The molecule has 0 saturated heterocycles. The van der Waals surface area contributed by atoms with Crippen LogP contribution in [0.25, 0.3) is 0 Å². The molecule has 0 spiro atoms. The smallest absolute Gasteiger partial charge is 0.0188 e. The van der Waals surface area contributed by atoms with Gasteiger partial charge in [-0.2, -0.15) is 0 Å². The SMILES string of the molecule is C=CC[C@H](C)C[C@H](C)c1ccccc1. The summed E-state index contributed by atoms with van der Waals surface area (Å²) in [5, 5.41) is 0. The molecule has 0 nitrogen and oxygen atoms in total. The maximum Gasteiger partial charge on any atom is -0.0188 e. The van der Waals surface area contributed by atoms with Crippen LogP contribution in [0.3, 0.4) is 0 Å². The van der Waals surface area contributed by atoms with Crippen LogP contribution in [0.4, 0.5) is 0 Å². The van der Waals surface area contributed by atoms with Gasteiger partial charge in [0, 0.05) is 0 Å². The lowest BCUT2D eigenvalue weighted by Gasteiger charge is -2.16. The van der Waals surface area contributed by atoms with Crippen LogP contribution in [0.1, 0.15) is 38.2 Å². The van der Waals surface area contributed by atoms with Crippen molar-refractivity contribution in [2.75, 3.05) is 0 Å². The van der Waals surface area contributed by atoms with Crippen molar-refractivity contribution in [3.05, 3.63) is 48.6 Å². The van der Waals surface area contributed by atoms with Crippen LogP contribution in [0.5, 0.6) is 0 Å². The Kier molecular flexibility index (Phi) is 4.45. The largest absolute Gasteiger partial charge is 0.103 e. The summed E-state index contributed by atoms with van der Waals surface area (Å²) in [6.07, 6.45) is 4.38. The van der Waals surface area contributed by atoms with E-state index in [2.05, 4.69) is 50.8 Å². The third-order valence-electron chi connectivity index (χ3n) is 2.69. The molecule has 14 heavy (non-hydrogen) atoms. The zero-order chi connectivity index (χ0) is 10.4. The van der Waals surface area contributed by atoms with E-state index < -0.39 is 0 Å². The molecule has 0 heteroatoms. The molecule has 2 atom stereocenters. The summed E-state index contributed by atoms with van der Waals surface area (Å²) in [6, 6.07) is 10.7. The van der Waals surface area contributed by atoms with Gasteiger partial charge in [0.15, 0.2) is 0 Å². The third-order valence-corrected chi connectivity index (χ3v) is 2.69.